The number of anilines is 1. The fourth-order valence-corrected chi connectivity index (χ4v) is 5.35. The van der Waals surface area contributed by atoms with Crippen molar-refractivity contribution in [3.63, 3.8) is 0 Å². The molecular formula is C29H28FN3O3. The second-order valence-corrected chi connectivity index (χ2v) is 9.51. The maximum atomic E-state index is 15.4. The van der Waals surface area contributed by atoms with Gasteiger partial charge in [0.25, 0.3) is 5.91 Å². The molecule has 3 aromatic carbocycles. The Morgan fingerprint density at radius 2 is 1.92 bits per heavy atom. The summed E-state index contributed by atoms with van der Waals surface area (Å²) in [7, 11) is 0. The van der Waals surface area contributed by atoms with Crippen molar-refractivity contribution in [2.45, 2.75) is 31.8 Å². The molecule has 6 rings (SSSR count). The summed E-state index contributed by atoms with van der Waals surface area (Å²) >= 11 is 0. The SMILES string of the molecule is [2H]C([2H])(c1ccc(CN2CCOCC2)cc1F)c1ccc2c3c(cccc13)C(=O)N2C1CCC(=C)NC1=O. The lowest BCUT2D eigenvalue weighted by molar-refractivity contribution is -0.122. The number of benzene rings is 3. The highest BCUT2D eigenvalue weighted by atomic mass is 19.1. The maximum Gasteiger partial charge on any atom is 0.259 e. The molecule has 0 saturated carbocycles. The summed E-state index contributed by atoms with van der Waals surface area (Å²) in [4.78, 5) is 29.9. The van der Waals surface area contributed by atoms with Crippen LogP contribution in [0.2, 0.25) is 0 Å². The van der Waals surface area contributed by atoms with E-state index in [4.69, 9.17) is 7.48 Å². The zero-order chi connectivity index (χ0) is 26.6. The Labute approximate surface area is 212 Å². The average molecular weight is 488 g/mol. The van der Waals surface area contributed by atoms with Crippen LogP contribution in [0.1, 0.15) is 42.6 Å². The van der Waals surface area contributed by atoms with Crippen molar-refractivity contribution in [2.75, 3.05) is 31.2 Å². The number of nitrogens with one attached hydrogen (secondary N) is 1. The number of morpholine rings is 1. The fourth-order valence-electron chi connectivity index (χ4n) is 5.35. The van der Waals surface area contributed by atoms with E-state index in [1.165, 1.54) is 17.0 Å². The number of carbonyl (C=O) groups is 2. The van der Waals surface area contributed by atoms with Crippen molar-refractivity contribution in [1.82, 2.24) is 10.2 Å². The van der Waals surface area contributed by atoms with E-state index in [2.05, 4.69) is 16.8 Å². The minimum atomic E-state index is -2.16. The fraction of sp³-hybridized carbons (Fsp3) is 0.310. The van der Waals surface area contributed by atoms with Gasteiger partial charge in [-0.05, 0) is 53.1 Å². The molecule has 0 spiro atoms. The smallest absolute Gasteiger partial charge is 0.259 e. The van der Waals surface area contributed by atoms with Crippen LogP contribution in [-0.2, 0) is 22.4 Å². The van der Waals surface area contributed by atoms with Crippen molar-refractivity contribution in [3.05, 3.63) is 88.9 Å². The van der Waals surface area contributed by atoms with Gasteiger partial charge in [0.05, 0.1) is 18.9 Å². The second kappa shape index (κ2) is 9.15. The largest absolute Gasteiger partial charge is 0.379 e. The maximum absolute atomic E-state index is 15.4. The first-order valence-corrected chi connectivity index (χ1v) is 12.2. The van der Waals surface area contributed by atoms with Crippen LogP contribution in [0.15, 0.2) is 60.8 Å². The van der Waals surface area contributed by atoms with Gasteiger partial charge in [0.1, 0.15) is 11.9 Å². The summed E-state index contributed by atoms with van der Waals surface area (Å²) < 4.78 is 38.8. The quantitative estimate of drug-likeness (QED) is 0.587. The molecule has 36 heavy (non-hydrogen) atoms. The van der Waals surface area contributed by atoms with Crippen molar-refractivity contribution in [1.29, 1.82) is 0 Å². The van der Waals surface area contributed by atoms with Crippen LogP contribution in [0.25, 0.3) is 10.8 Å². The molecule has 184 valence electrons. The summed E-state index contributed by atoms with van der Waals surface area (Å²) in [6.07, 6.45) is -1.13. The number of hydrogen-bond donors (Lipinski definition) is 1. The topological polar surface area (TPSA) is 61.9 Å². The van der Waals surface area contributed by atoms with E-state index >= 15 is 4.39 Å². The third-order valence-electron chi connectivity index (χ3n) is 7.17. The third-order valence-corrected chi connectivity index (χ3v) is 7.17. The Balaban J connectivity index is 1.37. The van der Waals surface area contributed by atoms with Crippen LogP contribution in [-0.4, -0.2) is 49.1 Å². The highest BCUT2D eigenvalue weighted by Crippen LogP contribution is 2.41. The lowest BCUT2D eigenvalue weighted by atomic mass is 9.95. The van der Waals surface area contributed by atoms with Gasteiger partial charge in [0.15, 0.2) is 0 Å². The number of ether oxygens (including phenoxy) is 1. The molecule has 2 fully saturated rings. The molecule has 0 aromatic heterocycles. The molecule has 1 N–H and O–H groups in total. The molecule has 3 aromatic rings. The van der Waals surface area contributed by atoms with E-state index in [9.17, 15) is 9.59 Å². The van der Waals surface area contributed by atoms with Crippen molar-refractivity contribution in [2.24, 2.45) is 0 Å². The van der Waals surface area contributed by atoms with Gasteiger partial charge in [-0.2, -0.15) is 0 Å². The molecule has 1 unspecified atom stereocenters. The van der Waals surface area contributed by atoms with Gasteiger partial charge in [-0.15, -0.1) is 0 Å². The van der Waals surface area contributed by atoms with Crippen LogP contribution in [0.4, 0.5) is 10.1 Å². The predicted molar refractivity (Wildman–Crippen MR) is 136 cm³/mol. The van der Waals surface area contributed by atoms with Crippen molar-refractivity contribution >= 4 is 28.3 Å². The van der Waals surface area contributed by atoms with E-state index in [0.717, 1.165) is 18.7 Å². The summed E-state index contributed by atoms with van der Waals surface area (Å²) in [6, 6.07) is 12.4. The van der Waals surface area contributed by atoms with Crippen LogP contribution >= 0.6 is 0 Å². The Morgan fingerprint density at radius 1 is 1.11 bits per heavy atom. The van der Waals surface area contributed by atoms with Gasteiger partial charge in [-0.25, -0.2) is 4.39 Å². The standard InChI is InChI=1S/C29H28FN3O3/c1-18-5-9-26(28(34)31-18)33-25-10-8-20(22-3-2-4-23(27(22)25)29(33)35)16-21-7-6-19(15-24(21)30)17-32-11-13-36-14-12-32/h2-4,6-8,10,15,26H,1,5,9,11-14,16-17H2,(H,31,34)/i16D2. The average Bonchev–Trinajstić information content (AvgIpc) is 3.17. The number of halogens is 1. The monoisotopic (exact) mass is 487 g/mol. The van der Waals surface area contributed by atoms with E-state index < -0.39 is 18.2 Å². The van der Waals surface area contributed by atoms with Gasteiger partial charge in [-0.1, -0.05) is 36.9 Å². The first kappa shape index (κ1) is 20.6. The van der Waals surface area contributed by atoms with E-state index in [1.54, 1.807) is 36.4 Å². The van der Waals surface area contributed by atoms with E-state index in [0.29, 0.717) is 60.3 Å². The van der Waals surface area contributed by atoms with E-state index in [-0.39, 0.29) is 22.9 Å². The number of nitrogens with zero attached hydrogens (tertiary/aromatic N) is 2. The predicted octanol–water partition coefficient (Wildman–Crippen LogP) is 4.15. The summed E-state index contributed by atoms with van der Waals surface area (Å²) in [6.45, 7) is 7.24. The Hall–Kier alpha value is -3.55. The number of piperidine rings is 1. The van der Waals surface area contributed by atoms with Crippen molar-refractivity contribution in [3.8, 4) is 0 Å². The first-order valence-electron chi connectivity index (χ1n) is 13.2. The molecular weight excluding hydrogens is 457 g/mol. The highest BCUT2D eigenvalue weighted by molar-refractivity contribution is 6.27. The zero-order valence-electron chi connectivity index (χ0n) is 21.9. The number of amides is 2. The molecule has 0 bridgehead atoms. The molecule has 0 radical (unpaired) electrons. The van der Waals surface area contributed by atoms with Gasteiger partial charge in [-0.3, -0.25) is 19.4 Å². The van der Waals surface area contributed by atoms with Gasteiger partial charge >= 0.3 is 0 Å². The zero-order valence-corrected chi connectivity index (χ0v) is 19.9. The summed E-state index contributed by atoms with van der Waals surface area (Å²) in [5, 5.41) is 3.85. The number of rotatable bonds is 5. The lowest BCUT2D eigenvalue weighted by Crippen LogP contribution is -2.51. The van der Waals surface area contributed by atoms with Gasteiger partial charge in [0.2, 0.25) is 5.91 Å². The molecule has 6 nitrogen and oxygen atoms in total. The van der Waals surface area contributed by atoms with Crippen LogP contribution in [0, 0.1) is 5.82 Å². The minimum Gasteiger partial charge on any atom is -0.379 e. The summed E-state index contributed by atoms with van der Waals surface area (Å²) in [5.41, 5.74) is 2.59. The van der Waals surface area contributed by atoms with Gasteiger partial charge < -0.3 is 10.1 Å². The van der Waals surface area contributed by atoms with Crippen molar-refractivity contribution < 1.29 is 21.5 Å². The molecule has 3 heterocycles. The molecule has 0 aliphatic carbocycles. The van der Waals surface area contributed by atoms with Crippen LogP contribution < -0.4 is 10.2 Å². The number of hydrogen-bond acceptors (Lipinski definition) is 4. The van der Waals surface area contributed by atoms with Crippen LogP contribution in [0.5, 0.6) is 0 Å². The first-order chi connectivity index (χ1) is 18.3. The number of allylic oxidation sites excluding steroid dienone is 1. The molecule has 1 atom stereocenters. The molecule has 7 heteroatoms. The molecule has 3 aliphatic rings. The molecule has 3 aliphatic heterocycles. The normalized spacial score (nSPS) is 21.5. The lowest BCUT2D eigenvalue weighted by Gasteiger charge is -2.31. The Kier molecular flexibility index (Phi) is 5.24. The highest BCUT2D eigenvalue weighted by Gasteiger charge is 2.40. The Morgan fingerprint density at radius 3 is 2.69 bits per heavy atom. The molecule has 2 amide bonds. The van der Waals surface area contributed by atoms with Crippen LogP contribution in [0.3, 0.4) is 0 Å². The minimum absolute atomic E-state index is 0.0599. The van der Waals surface area contributed by atoms with Gasteiger partial charge in [0, 0.05) is 45.4 Å². The summed E-state index contributed by atoms with van der Waals surface area (Å²) in [5.74, 6) is -1.19. The number of carbonyl (C=O) groups excluding carboxylic acids is 2. The Bertz CT molecular complexity index is 1490. The van der Waals surface area contributed by atoms with E-state index in [1.807, 2.05) is 0 Å². The third kappa shape index (κ3) is 3.98. The molecule has 2 saturated heterocycles. The second-order valence-electron chi connectivity index (χ2n) is 9.51.